The molecule has 1 aliphatic heterocycles. The normalized spacial score (nSPS) is 16.1. The summed E-state index contributed by atoms with van der Waals surface area (Å²) >= 11 is 0. The minimum Gasteiger partial charge on any atom is -0.349 e. The summed E-state index contributed by atoms with van der Waals surface area (Å²) < 4.78 is 13.1. The van der Waals surface area contributed by atoms with Crippen LogP contribution in [0.1, 0.15) is 70.2 Å². The molecule has 2 rings (SSSR count). The lowest BCUT2D eigenvalue weighted by molar-refractivity contribution is -0.155. The maximum Gasteiger partial charge on any atom is 0.251 e. The van der Waals surface area contributed by atoms with Crippen molar-refractivity contribution < 1.29 is 28.8 Å². The Morgan fingerprint density at radius 2 is 1.81 bits per heavy atom. The van der Waals surface area contributed by atoms with Gasteiger partial charge in [-0.15, -0.1) is 0 Å². The first-order valence-corrected chi connectivity index (χ1v) is 12.5. The average Bonchev–Trinajstić information content (AvgIpc) is 2.84. The Morgan fingerprint density at radius 3 is 2.33 bits per heavy atom. The summed E-state index contributed by atoms with van der Waals surface area (Å²) in [4.78, 5) is 51.5. The van der Waals surface area contributed by atoms with E-state index >= 15 is 0 Å². The predicted octanol–water partition coefficient (Wildman–Crippen LogP) is 2.73. The summed E-state index contributed by atoms with van der Waals surface area (Å²) in [6.07, 6.45) is 3.46. The SMILES string of the molecule is CCCC[C@H](CN(O)C=O)C(=O)N[C@H](C(=O)N1CCC(NC(=O)c2ccc(F)cc2)CC1)C(C)(C)C. The van der Waals surface area contributed by atoms with Crippen molar-refractivity contribution >= 4 is 24.1 Å². The van der Waals surface area contributed by atoms with Crippen molar-refractivity contribution in [2.75, 3.05) is 19.6 Å². The van der Waals surface area contributed by atoms with Crippen molar-refractivity contribution in [3.05, 3.63) is 35.6 Å². The van der Waals surface area contributed by atoms with E-state index in [-0.39, 0.29) is 36.7 Å². The van der Waals surface area contributed by atoms with Gasteiger partial charge in [-0.2, -0.15) is 0 Å². The first-order chi connectivity index (χ1) is 17.0. The highest BCUT2D eigenvalue weighted by molar-refractivity contribution is 5.94. The highest BCUT2D eigenvalue weighted by Crippen LogP contribution is 2.24. The van der Waals surface area contributed by atoms with Gasteiger partial charge in [-0.3, -0.25) is 24.4 Å². The van der Waals surface area contributed by atoms with Crippen molar-refractivity contribution in [1.29, 1.82) is 0 Å². The third-order valence-corrected chi connectivity index (χ3v) is 6.45. The third kappa shape index (κ3) is 8.58. The molecule has 1 aromatic carbocycles. The van der Waals surface area contributed by atoms with E-state index in [9.17, 15) is 28.8 Å². The Balaban J connectivity index is 2.00. The van der Waals surface area contributed by atoms with Gasteiger partial charge >= 0.3 is 0 Å². The zero-order chi connectivity index (χ0) is 26.9. The zero-order valence-electron chi connectivity index (χ0n) is 21.6. The predicted molar refractivity (Wildman–Crippen MR) is 132 cm³/mol. The molecule has 1 fully saturated rings. The lowest BCUT2D eigenvalue weighted by atomic mass is 9.84. The quantitative estimate of drug-likeness (QED) is 0.242. The van der Waals surface area contributed by atoms with Crippen LogP contribution in [0.25, 0.3) is 0 Å². The molecule has 1 saturated heterocycles. The number of piperidine rings is 1. The number of nitrogens with zero attached hydrogens (tertiary/aromatic N) is 2. The van der Waals surface area contributed by atoms with Crippen LogP contribution < -0.4 is 10.6 Å². The summed E-state index contributed by atoms with van der Waals surface area (Å²) in [7, 11) is 0. The van der Waals surface area contributed by atoms with Crippen LogP contribution in [0.3, 0.4) is 0 Å². The second kappa shape index (κ2) is 13.3. The fourth-order valence-electron chi connectivity index (χ4n) is 4.23. The Morgan fingerprint density at radius 1 is 1.19 bits per heavy atom. The molecule has 0 saturated carbocycles. The van der Waals surface area contributed by atoms with E-state index in [4.69, 9.17) is 0 Å². The molecular formula is C26H39FN4O5. The fourth-order valence-corrected chi connectivity index (χ4v) is 4.23. The van der Waals surface area contributed by atoms with E-state index in [0.29, 0.717) is 43.0 Å². The molecule has 0 radical (unpaired) electrons. The van der Waals surface area contributed by atoms with Crippen molar-refractivity contribution in [3.8, 4) is 0 Å². The van der Waals surface area contributed by atoms with Gasteiger partial charge in [0.05, 0.1) is 12.5 Å². The molecule has 1 aromatic rings. The monoisotopic (exact) mass is 506 g/mol. The number of hydroxylamine groups is 2. The molecule has 1 aliphatic rings. The Labute approximate surface area is 212 Å². The highest BCUT2D eigenvalue weighted by Gasteiger charge is 2.38. The molecule has 9 nitrogen and oxygen atoms in total. The van der Waals surface area contributed by atoms with Gasteiger partial charge in [-0.05, 0) is 48.9 Å². The maximum atomic E-state index is 13.5. The number of carbonyl (C=O) groups is 4. The summed E-state index contributed by atoms with van der Waals surface area (Å²) in [6, 6.07) is 4.42. The second-order valence-electron chi connectivity index (χ2n) is 10.5. The van der Waals surface area contributed by atoms with E-state index in [2.05, 4.69) is 10.6 Å². The van der Waals surface area contributed by atoms with Gasteiger partial charge in [0, 0.05) is 24.7 Å². The van der Waals surface area contributed by atoms with Crippen LogP contribution in [-0.2, 0) is 14.4 Å². The molecule has 0 bridgehead atoms. The standard InChI is InChI=1S/C26H39FN4O5/c1-5-6-7-19(16-31(36)17-32)24(34)29-22(26(2,3)4)25(35)30-14-12-21(13-15-30)28-23(33)18-8-10-20(27)11-9-18/h8-11,17,19,21-22,36H,5-7,12-16H2,1-4H3,(H,28,33)(H,29,34)/t19-,22-/m1/s1. The Hall–Kier alpha value is -3.01. The van der Waals surface area contributed by atoms with Crippen molar-refractivity contribution in [2.24, 2.45) is 11.3 Å². The molecule has 200 valence electrons. The molecule has 2 atom stereocenters. The first-order valence-electron chi connectivity index (χ1n) is 12.5. The number of likely N-dealkylation sites (tertiary alicyclic amines) is 1. The van der Waals surface area contributed by atoms with Gasteiger partial charge in [-0.25, -0.2) is 9.45 Å². The topological polar surface area (TPSA) is 119 Å². The van der Waals surface area contributed by atoms with Gasteiger partial charge in [0.1, 0.15) is 11.9 Å². The molecule has 10 heteroatoms. The summed E-state index contributed by atoms with van der Waals surface area (Å²) in [5.74, 6) is -1.91. The lowest BCUT2D eigenvalue weighted by Gasteiger charge is -2.39. The number of unbranched alkanes of at least 4 members (excludes halogenated alkanes) is 1. The molecule has 1 heterocycles. The van der Waals surface area contributed by atoms with Gasteiger partial charge in [-0.1, -0.05) is 40.5 Å². The van der Waals surface area contributed by atoms with E-state index in [1.807, 2.05) is 27.7 Å². The number of rotatable bonds is 11. The minimum atomic E-state index is -0.789. The lowest BCUT2D eigenvalue weighted by Crippen LogP contribution is -2.58. The van der Waals surface area contributed by atoms with E-state index in [1.165, 1.54) is 24.3 Å². The van der Waals surface area contributed by atoms with Gasteiger partial charge in [0.2, 0.25) is 18.2 Å². The Kier molecular flexibility index (Phi) is 10.8. The summed E-state index contributed by atoms with van der Waals surface area (Å²) in [5.41, 5.74) is -0.196. The van der Waals surface area contributed by atoms with E-state index < -0.39 is 23.2 Å². The van der Waals surface area contributed by atoms with E-state index in [0.717, 1.165) is 12.8 Å². The van der Waals surface area contributed by atoms with Gasteiger partial charge in [0.15, 0.2) is 0 Å². The molecule has 0 unspecified atom stereocenters. The largest absolute Gasteiger partial charge is 0.349 e. The van der Waals surface area contributed by atoms with Gasteiger partial charge in [0.25, 0.3) is 5.91 Å². The first kappa shape index (κ1) is 29.2. The average molecular weight is 507 g/mol. The molecule has 36 heavy (non-hydrogen) atoms. The van der Waals surface area contributed by atoms with Crippen molar-refractivity contribution in [2.45, 2.75) is 71.9 Å². The number of carbonyl (C=O) groups excluding carboxylic acids is 4. The number of nitrogens with one attached hydrogen (secondary N) is 2. The van der Waals surface area contributed by atoms with E-state index in [1.54, 1.807) is 4.90 Å². The number of hydrogen-bond acceptors (Lipinski definition) is 5. The maximum absolute atomic E-state index is 13.5. The van der Waals surface area contributed by atoms with Crippen LogP contribution in [0.5, 0.6) is 0 Å². The van der Waals surface area contributed by atoms with Crippen LogP contribution in [0.4, 0.5) is 4.39 Å². The van der Waals surface area contributed by atoms with Crippen LogP contribution >= 0.6 is 0 Å². The van der Waals surface area contributed by atoms with Crippen LogP contribution in [0, 0.1) is 17.2 Å². The molecule has 0 spiro atoms. The number of benzene rings is 1. The van der Waals surface area contributed by atoms with Crippen LogP contribution in [-0.4, -0.2) is 71.0 Å². The minimum absolute atomic E-state index is 0.119. The summed E-state index contributed by atoms with van der Waals surface area (Å²) in [6.45, 7) is 8.30. The molecular weight excluding hydrogens is 467 g/mol. The highest BCUT2D eigenvalue weighted by atomic mass is 19.1. The smallest absolute Gasteiger partial charge is 0.251 e. The van der Waals surface area contributed by atoms with Crippen molar-refractivity contribution in [3.63, 3.8) is 0 Å². The zero-order valence-corrected chi connectivity index (χ0v) is 21.6. The molecule has 0 aromatic heterocycles. The fraction of sp³-hybridized carbons (Fsp3) is 0.615. The summed E-state index contributed by atoms with van der Waals surface area (Å²) in [5, 5.41) is 15.9. The molecule has 3 N–H and O–H groups in total. The van der Waals surface area contributed by atoms with Crippen LogP contribution in [0.2, 0.25) is 0 Å². The van der Waals surface area contributed by atoms with Gasteiger partial charge < -0.3 is 15.5 Å². The number of halogens is 1. The molecule has 0 aliphatic carbocycles. The number of hydrogen-bond donors (Lipinski definition) is 3. The number of amides is 4. The molecule has 4 amide bonds. The Bertz CT molecular complexity index is 895. The second-order valence-corrected chi connectivity index (χ2v) is 10.5. The van der Waals surface area contributed by atoms with Crippen LogP contribution in [0.15, 0.2) is 24.3 Å². The van der Waals surface area contributed by atoms with Crippen molar-refractivity contribution in [1.82, 2.24) is 20.6 Å². The third-order valence-electron chi connectivity index (χ3n) is 6.45.